The fraction of sp³-hybridized carbons (Fsp3) is 0.182. The second kappa shape index (κ2) is 14.6. The largest absolute Gasteiger partial charge is 0.456 e. The highest BCUT2D eigenvalue weighted by Gasteiger charge is 2.58. The number of fused-ring (bicyclic) bond motifs is 13. The molecule has 0 bridgehead atoms. The molecule has 5 heteroatoms. The normalized spacial score (nSPS) is 19.1. The van der Waals surface area contributed by atoms with Gasteiger partial charge in [-0.05, 0) is 179 Å². The van der Waals surface area contributed by atoms with Crippen molar-refractivity contribution in [1.29, 1.82) is 0 Å². The van der Waals surface area contributed by atoms with E-state index in [-0.39, 0.29) is 17.7 Å². The molecule has 0 saturated heterocycles. The molecule has 1 saturated carbocycles. The van der Waals surface area contributed by atoms with Crippen LogP contribution in [-0.4, -0.2) is 12.3 Å². The number of hydrogen-bond donors (Lipinski definition) is 0. The van der Waals surface area contributed by atoms with Gasteiger partial charge in [0.05, 0.1) is 11.2 Å². The van der Waals surface area contributed by atoms with E-state index < -0.39 is 0 Å². The van der Waals surface area contributed by atoms with Crippen molar-refractivity contribution in [3.8, 4) is 22.3 Å². The van der Waals surface area contributed by atoms with Crippen LogP contribution in [0.1, 0.15) is 72.9 Å². The van der Waals surface area contributed by atoms with E-state index in [2.05, 4.69) is 225 Å². The molecule has 0 amide bonds. The number of anilines is 8. The van der Waals surface area contributed by atoms with E-state index in [0.717, 1.165) is 40.5 Å². The number of para-hydroxylation sites is 1. The highest BCUT2D eigenvalue weighted by atomic mass is 16.3. The second-order valence-corrected chi connectivity index (χ2v) is 21.7. The molecule has 5 aliphatic rings. The molecule has 0 radical (unpaired) electrons. The van der Waals surface area contributed by atoms with E-state index >= 15 is 0 Å². The van der Waals surface area contributed by atoms with Crippen LogP contribution in [0.25, 0.3) is 44.2 Å². The highest BCUT2D eigenvalue weighted by Crippen LogP contribution is 2.62. The molecule has 0 spiro atoms. The van der Waals surface area contributed by atoms with Gasteiger partial charge in [-0.25, -0.2) is 0 Å². The summed E-state index contributed by atoms with van der Waals surface area (Å²) >= 11 is 0. The van der Waals surface area contributed by atoms with E-state index in [0.29, 0.717) is 0 Å². The SMILES string of the molecule is Cc1cc2c3c(c1)N(c1cccc4c1Cc1ccccc1-4)c1cc(N4c5cc(C)cc(C)c5C5(C)CCCCC45C)ccc1B3c1cc(-c3ccccc3)ccc1N2c1ccc2oc3ccccc3c2c1. The van der Waals surface area contributed by atoms with Crippen LogP contribution in [0.2, 0.25) is 0 Å². The van der Waals surface area contributed by atoms with Crippen molar-refractivity contribution in [3.05, 3.63) is 209 Å². The molecule has 0 N–H and O–H groups in total. The Morgan fingerprint density at radius 1 is 0.493 bits per heavy atom. The van der Waals surface area contributed by atoms with Crippen molar-refractivity contribution in [2.45, 2.75) is 77.7 Å². The third-order valence-corrected chi connectivity index (χ3v) is 17.8. The van der Waals surface area contributed by atoms with Gasteiger partial charge in [-0.15, -0.1) is 0 Å². The quantitative estimate of drug-likeness (QED) is 0.164. The van der Waals surface area contributed by atoms with Gasteiger partial charge < -0.3 is 19.1 Å². The zero-order valence-corrected chi connectivity index (χ0v) is 41.1. The van der Waals surface area contributed by atoms with Crippen molar-refractivity contribution >= 4 is 90.5 Å². The van der Waals surface area contributed by atoms with E-state index in [1.54, 1.807) is 5.56 Å². The summed E-state index contributed by atoms with van der Waals surface area (Å²) in [5, 5.41) is 2.26. The smallest absolute Gasteiger partial charge is 0.252 e. The predicted octanol–water partition coefficient (Wildman–Crippen LogP) is 15.6. The fourth-order valence-electron chi connectivity index (χ4n) is 14.6. The van der Waals surface area contributed by atoms with Gasteiger partial charge in [0, 0.05) is 62.4 Å². The molecule has 9 aromatic carbocycles. The van der Waals surface area contributed by atoms with Crippen LogP contribution < -0.4 is 31.1 Å². The number of nitrogens with zero attached hydrogens (tertiary/aromatic N) is 3. The Bertz CT molecular complexity index is 3930. The van der Waals surface area contributed by atoms with Crippen molar-refractivity contribution in [1.82, 2.24) is 0 Å². The molecule has 2 unspecified atom stereocenters. The molecule has 15 rings (SSSR count). The van der Waals surface area contributed by atoms with E-state index in [9.17, 15) is 0 Å². The van der Waals surface area contributed by atoms with Crippen molar-refractivity contribution in [2.75, 3.05) is 14.7 Å². The summed E-state index contributed by atoms with van der Waals surface area (Å²) in [5.74, 6) is 0. The number of benzene rings is 9. The van der Waals surface area contributed by atoms with Gasteiger partial charge in [-0.3, -0.25) is 0 Å². The predicted molar refractivity (Wildman–Crippen MR) is 298 cm³/mol. The Balaban J connectivity index is 1.02. The molecule has 71 heavy (non-hydrogen) atoms. The Morgan fingerprint density at radius 3 is 2.11 bits per heavy atom. The maximum absolute atomic E-state index is 6.43. The number of aryl methyl sites for hydroxylation is 3. The molecule has 1 fully saturated rings. The number of rotatable bonds is 4. The van der Waals surface area contributed by atoms with Crippen LogP contribution in [0.15, 0.2) is 180 Å². The molecule has 1 aromatic heterocycles. The van der Waals surface area contributed by atoms with Crippen LogP contribution >= 0.6 is 0 Å². The molecule has 2 atom stereocenters. The first-order chi connectivity index (χ1) is 34.7. The third kappa shape index (κ3) is 5.58. The van der Waals surface area contributed by atoms with Crippen LogP contribution in [-0.2, 0) is 11.8 Å². The van der Waals surface area contributed by atoms with Gasteiger partial charge in [0.25, 0.3) is 6.71 Å². The zero-order valence-electron chi connectivity index (χ0n) is 41.1. The average Bonchev–Trinajstić information content (AvgIpc) is 4.02. The Morgan fingerprint density at radius 2 is 1.23 bits per heavy atom. The highest BCUT2D eigenvalue weighted by molar-refractivity contribution is 7.00. The summed E-state index contributed by atoms with van der Waals surface area (Å²) in [6.07, 6.45) is 5.75. The monoisotopic (exact) mass is 915 g/mol. The van der Waals surface area contributed by atoms with Gasteiger partial charge in [0.2, 0.25) is 0 Å². The minimum Gasteiger partial charge on any atom is -0.456 e. The van der Waals surface area contributed by atoms with Crippen LogP contribution in [0, 0.1) is 20.8 Å². The molecule has 342 valence electrons. The van der Waals surface area contributed by atoms with Gasteiger partial charge in [0.1, 0.15) is 11.2 Å². The van der Waals surface area contributed by atoms with Crippen LogP contribution in [0.3, 0.4) is 0 Å². The molecule has 4 heterocycles. The summed E-state index contributed by atoms with van der Waals surface area (Å²) in [5.41, 5.74) is 29.1. The van der Waals surface area contributed by atoms with Gasteiger partial charge in [-0.1, -0.05) is 129 Å². The van der Waals surface area contributed by atoms with Gasteiger partial charge in [0.15, 0.2) is 0 Å². The summed E-state index contributed by atoms with van der Waals surface area (Å²) in [4.78, 5) is 8.03. The van der Waals surface area contributed by atoms with Crippen molar-refractivity contribution in [2.24, 2.45) is 0 Å². The minimum atomic E-state index is -0.0822. The van der Waals surface area contributed by atoms with E-state index in [1.165, 1.54) is 126 Å². The first-order valence-corrected chi connectivity index (χ1v) is 25.8. The van der Waals surface area contributed by atoms with Crippen molar-refractivity contribution < 1.29 is 4.42 Å². The first-order valence-electron chi connectivity index (χ1n) is 25.8. The van der Waals surface area contributed by atoms with Gasteiger partial charge >= 0.3 is 0 Å². The summed E-state index contributed by atoms with van der Waals surface area (Å²) in [7, 11) is 0. The molecular formula is C66H54BN3O. The topological polar surface area (TPSA) is 22.9 Å². The van der Waals surface area contributed by atoms with Crippen LogP contribution in [0.5, 0.6) is 0 Å². The molecule has 2 aliphatic carbocycles. The lowest BCUT2D eigenvalue weighted by atomic mass is 9.33. The van der Waals surface area contributed by atoms with E-state index in [1.807, 2.05) is 0 Å². The van der Waals surface area contributed by atoms with Crippen molar-refractivity contribution in [3.63, 3.8) is 0 Å². The first kappa shape index (κ1) is 41.1. The lowest BCUT2D eigenvalue weighted by Gasteiger charge is -2.51. The second-order valence-electron chi connectivity index (χ2n) is 21.7. The van der Waals surface area contributed by atoms with E-state index in [4.69, 9.17) is 4.42 Å². The zero-order chi connectivity index (χ0) is 47.5. The lowest BCUT2D eigenvalue weighted by molar-refractivity contribution is 0.194. The maximum atomic E-state index is 6.43. The molecular weight excluding hydrogens is 862 g/mol. The summed E-state index contributed by atoms with van der Waals surface area (Å²) < 4.78 is 6.43. The summed E-state index contributed by atoms with van der Waals surface area (Å²) in [6, 6.07) is 66.9. The Hall–Kier alpha value is -7.76. The maximum Gasteiger partial charge on any atom is 0.252 e. The Labute approximate surface area is 416 Å². The van der Waals surface area contributed by atoms with Crippen LogP contribution in [0.4, 0.5) is 45.5 Å². The average molecular weight is 916 g/mol. The van der Waals surface area contributed by atoms with Gasteiger partial charge in [-0.2, -0.15) is 0 Å². The standard InChI is InChI=1S/C66H54BN3O/c1-40-32-42(3)63-58(33-40)70(66(5)31-14-13-30-65(63,66)4)47-25-27-53-57(39-47)69(55-22-15-21-49-48-19-10-9-18-45(48)36-51(49)55)60-35-41(2)34-59-64(60)67(53)54-37-44(43-16-7-6-8-17-43)24-28-56(54)68(59)46-26-29-62-52(38-46)50-20-11-12-23-61(50)71-62/h6-12,15-29,32-35,37-39H,13-14,30-31,36H2,1-5H3. The molecule has 3 aliphatic heterocycles. The number of furan rings is 1. The number of hydrogen-bond acceptors (Lipinski definition) is 4. The molecule has 10 aromatic rings. The lowest BCUT2D eigenvalue weighted by Crippen LogP contribution is -2.61. The fourth-order valence-corrected chi connectivity index (χ4v) is 14.6. The summed E-state index contributed by atoms with van der Waals surface area (Å²) in [6.45, 7) is 12.0. The third-order valence-electron chi connectivity index (χ3n) is 17.8. The minimum absolute atomic E-state index is 0.0317. The molecule has 4 nitrogen and oxygen atoms in total. The Kier molecular flexibility index (Phi) is 8.47.